The van der Waals surface area contributed by atoms with Crippen molar-refractivity contribution < 1.29 is 17.9 Å². The van der Waals surface area contributed by atoms with Crippen LogP contribution in [0.1, 0.15) is 35.8 Å². The van der Waals surface area contributed by atoms with Gasteiger partial charge in [-0.25, -0.2) is 15.0 Å². The lowest BCUT2D eigenvalue weighted by atomic mass is 9.98. The first-order valence-corrected chi connectivity index (χ1v) is 8.82. The summed E-state index contributed by atoms with van der Waals surface area (Å²) in [5.41, 5.74) is 1.96. The zero-order valence-corrected chi connectivity index (χ0v) is 14.8. The van der Waals surface area contributed by atoms with Crippen molar-refractivity contribution in [1.82, 2.24) is 15.0 Å². The van der Waals surface area contributed by atoms with E-state index in [4.69, 9.17) is 9.72 Å². The van der Waals surface area contributed by atoms with Crippen LogP contribution in [0.2, 0.25) is 0 Å². The zero-order chi connectivity index (χ0) is 19.0. The molecule has 4 nitrogen and oxygen atoms in total. The van der Waals surface area contributed by atoms with Gasteiger partial charge in [0.15, 0.2) is 5.65 Å². The summed E-state index contributed by atoms with van der Waals surface area (Å²) in [4.78, 5) is 13.9. The van der Waals surface area contributed by atoms with Crippen molar-refractivity contribution in [3.8, 4) is 11.3 Å². The molecule has 140 valence electrons. The fourth-order valence-corrected chi connectivity index (χ4v) is 3.30. The highest BCUT2D eigenvalue weighted by Gasteiger charge is 2.30. The van der Waals surface area contributed by atoms with Gasteiger partial charge in [0.1, 0.15) is 5.82 Å². The van der Waals surface area contributed by atoms with Crippen LogP contribution in [0, 0.1) is 6.92 Å². The summed E-state index contributed by atoms with van der Waals surface area (Å²) in [6.45, 7) is 3.19. The molecular weight excluding hydrogens is 355 g/mol. The van der Waals surface area contributed by atoms with Gasteiger partial charge in [0.05, 0.1) is 11.3 Å². The average Bonchev–Trinajstić information content (AvgIpc) is 2.67. The first-order chi connectivity index (χ1) is 12.9. The van der Waals surface area contributed by atoms with Gasteiger partial charge in [0, 0.05) is 35.8 Å². The average molecular weight is 373 g/mol. The molecular formula is C20H18F3N3O. The third kappa shape index (κ3) is 3.64. The molecule has 1 aliphatic rings. The van der Waals surface area contributed by atoms with Crippen molar-refractivity contribution in [3.63, 3.8) is 0 Å². The topological polar surface area (TPSA) is 47.9 Å². The van der Waals surface area contributed by atoms with Crippen LogP contribution in [0.4, 0.5) is 13.2 Å². The second kappa shape index (κ2) is 6.88. The number of halogens is 3. The molecule has 0 aliphatic carbocycles. The molecule has 0 atom stereocenters. The first kappa shape index (κ1) is 17.9. The smallest absolute Gasteiger partial charge is 0.381 e. The van der Waals surface area contributed by atoms with E-state index in [0.717, 1.165) is 36.1 Å². The Morgan fingerprint density at radius 2 is 1.63 bits per heavy atom. The Morgan fingerprint density at radius 3 is 2.30 bits per heavy atom. The Balaban J connectivity index is 1.85. The van der Waals surface area contributed by atoms with Crippen LogP contribution in [0.25, 0.3) is 22.3 Å². The highest BCUT2D eigenvalue weighted by Crippen LogP contribution is 2.33. The predicted molar refractivity (Wildman–Crippen MR) is 95.3 cm³/mol. The number of ether oxygens (including phenoxy) is 1. The van der Waals surface area contributed by atoms with E-state index in [1.807, 2.05) is 19.1 Å². The van der Waals surface area contributed by atoms with E-state index >= 15 is 0 Å². The summed E-state index contributed by atoms with van der Waals surface area (Å²) < 4.78 is 44.0. The number of hydrogen-bond acceptors (Lipinski definition) is 4. The van der Waals surface area contributed by atoms with Crippen LogP contribution in [-0.2, 0) is 10.9 Å². The maximum Gasteiger partial charge on any atom is 0.416 e. The molecule has 4 rings (SSSR count). The number of aryl methyl sites for hydroxylation is 1. The van der Waals surface area contributed by atoms with Gasteiger partial charge >= 0.3 is 6.18 Å². The van der Waals surface area contributed by atoms with Crippen molar-refractivity contribution in [1.29, 1.82) is 0 Å². The van der Waals surface area contributed by atoms with Crippen molar-refractivity contribution >= 4 is 11.0 Å². The van der Waals surface area contributed by atoms with Gasteiger partial charge in [-0.15, -0.1) is 0 Å². The third-order valence-electron chi connectivity index (χ3n) is 4.79. The SMILES string of the molecule is Cc1ccc2c(-c3ccc(C(F)(F)F)cc3)nc(C3CCOCC3)nc2n1. The highest BCUT2D eigenvalue weighted by molar-refractivity contribution is 5.90. The summed E-state index contributed by atoms with van der Waals surface area (Å²) in [6, 6.07) is 8.81. The van der Waals surface area contributed by atoms with Gasteiger partial charge in [-0.3, -0.25) is 0 Å². The second-order valence-electron chi connectivity index (χ2n) is 6.72. The minimum Gasteiger partial charge on any atom is -0.381 e. The van der Waals surface area contributed by atoms with Gasteiger partial charge in [0.2, 0.25) is 0 Å². The first-order valence-electron chi connectivity index (χ1n) is 8.82. The van der Waals surface area contributed by atoms with E-state index in [2.05, 4.69) is 9.97 Å². The Bertz CT molecular complexity index is 965. The molecule has 3 aromatic rings. The summed E-state index contributed by atoms with van der Waals surface area (Å²) in [5.74, 6) is 0.845. The van der Waals surface area contributed by atoms with Crippen LogP contribution in [0.3, 0.4) is 0 Å². The summed E-state index contributed by atoms with van der Waals surface area (Å²) in [7, 11) is 0. The normalized spacial score (nSPS) is 16.0. The lowest BCUT2D eigenvalue weighted by molar-refractivity contribution is -0.137. The monoisotopic (exact) mass is 373 g/mol. The number of benzene rings is 1. The maximum atomic E-state index is 12.9. The molecule has 2 aromatic heterocycles. The van der Waals surface area contributed by atoms with Crippen LogP contribution in [0.15, 0.2) is 36.4 Å². The van der Waals surface area contributed by atoms with Crippen LogP contribution in [-0.4, -0.2) is 28.2 Å². The van der Waals surface area contributed by atoms with Crippen molar-refractivity contribution in [3.05, 3.63) is 53.5 Å². The minimum absolute atomic E-state index is 0.165. The number of nitrogens with zero attached hydrogens (tertiary/aromatic N) is 3. The minimum atomic E-state index is -4.36. The number of hydrogen-bond donors (Lipinski definition) is 0. The van der Waals surface area contributed by atoms with Gasteiger partial charge in [0.25, 0.3) is 0 Å². The van der Waals surface area contributed by atoms with Gasteiger partial charge in [-0.2, -0.15) is 13.2 Å². The predicted octanol–water partition coefficient (Wildman–Crippen LogP) is 4.91. The molecule has 7 heteroatoms. The standard InChI is InChI=1S/C20H18F3N3O/c1-12-2-7-16-17(13-3-5-15(6-4-13)20(21,22)23)25-18(26-19(16)24-12)14-8-10-27-11-9-14/h2-7,14H,8-11H2,1H3. The summed E-state index contributed by atoms with van der Waals surface area (Å²) in [5, 5.41) is 0.733. The number of pyridine rings is 1. The molecule has 27 heavy (non-hydrogen) atoms. The molecule has 1 aromatic carbocycles. The van der Waals surface area contributed by atoms with Gasteiger partial charge in [-0.05, 0) is 44.0 Å². The molecule has 0 N–H and O–H groups in total. The fraction of sp³-hybridized carbons (Fsp3) is 0.350. The van der Waals surface area contributed by atoms with Gasteiger partial charge in [-0.1, -0.05) is 12.1 Å². The van der Waals surface area contributed by atoms with Crippen molar-refractivity contribution in [2.45, 2.75) is 31.9 Å². The second-order valence-corrected chi connectivity index (χ2v) is 6.72. The number of fused-ring (bicyclic) bond motifs is 1. The largest absolute Gasteiger partial charge is 0.416 e. The fourth-order valence-electron chi connectivity index (χ4n) is 3.30. The molecule has 0 radical (unpaired) electrons. The Labute approximate surface area is 154 Å². The molecule has 3 heterocycles. The van der Waals surface area contributed by atoms with E-state index in [-0.39, 0.29) is 5.92 Å². The zero-order valence-electron chi connectivity index (χ0n) is 14.8. The molecule has 1 saturated heterocycles. The third-order valence-corrected chi connectivity index (χ3v) is 4.79. The Hall–Kier alpha value is -2.54. The molecule has 1 aliphatic heterocycles. The Kier molecular flexibility index (Phi) is 4.55. The molecule has 0 unspecified atom stereocenters. The quantitative estimate of drug-likeness (QED) is 0.640. The lowest BCUT2D eigenvalue weighted by Gasteiger charge is -2.21. The van der Waals surface area contributed by atoms with E-state index in [1.165, 1.54) is 12.1 Å². The van der Waals surface area contributed by atoms with Crippen LogP contribution in [0.5, 0.6) is 0 Å². The lowest BCUT2D eigenvalue weighted by Crippen LogP contribution is -2.17. The van der Waals surface area contributed by atoms with Crippen molar-refractivity contribution in [2.24, 2.45) is 0 Å². The Morgan fingerprint density at radius 1 is 0.926 bits per heavy atom. The number of alkyl halides is 3. The molecule has 1 fully saturated rings. The molecule has 0 saturated carbocycles. The molecule has 0 bridgehead atoms. The van der Waals surface area contributed by atoms with E-state index in [1.54, 1.807) is 0 Å². The molecule has 0 amide bonds. The summed E-state index contributed by atoms with van der Waals surface area (Å²) >= 11 is 0. The number of rotatable bonds is 2. The van der Waals surface area contributed by atoms with Gasteiger partial charge < -0.3 is 4.74 Å². The van der Waals surface area contributed by atoms with Crippen molar-refractivity contribution in [2.75, 3.05) is 13.2 Å². The highest BCUT2D eigenvalue weighted by atomic mass is 19.4. The maximum absolute atomic E-state index is 12.9. The van der Waals surface area contributed by atoms with E-state index < -0.39 is 11.7 Å². The molecule has 0 spiro atoms. The van der Waals surface area contributed by atoms with Crippen LogP contribution >= 0.6 is 0 Å². The van der Waals surface area contributed by atoms with E-state index in [0.29, 0.717) is 35.9 Å². The summed E-state index contributed by atoms with van der Waals surface area (Å²) in [6.07, 6.45) is -2.72. The van der Waals surface area contributed by atoms with Crippen LogP contribution < -0.4 is 0 Å². The number of aromatic nitrogens is 3. The van der Waals surface area contributed by atoms with E-state index in [9.17, 15) is 13.2 Å².